The van der Waals surface area contributed by atoms with Crippen LogP contribution in [-0.4, -0.2) is 31.9 Å². The van der Waals surface area contributed by atoms with E-state index in [1.54, 1.807) is 0 Å². The number of hydrogen-bond acceptors (Lipinski definition) is 4. The summed E-state index contributed by atoms with van der Waals surface area (Å²) in [6, 6.07) is 0. The Morgan fingerprint density at radius 3 is 2.29 bits per heavy atom. The van der Waals surface area contributed by atoms with Crippen molar-refractivity contribution in [1.29, 1.82) is 0 Å². The van der Waals surface area contributed by atoms with Crippen molar-refractivity contribution < 1.29 is 19.1 Å². The second-order valence-electron chi connectivity index (χ2n) is 3.64. The van der Waals surface area contributed by atoms with Gasteiger partial charge in [0.25, 0.3) is 0 Å². The van der Waals surface area contributed by atoms with Gasteiger partial charge in [-0.3, -0.25) is 9.59 Å². The van der Waals surface area contributed by atoms with Crippen LogP contribution in [0.15, 0.2) is 0 Å². The Morgan fingerprint density at radius 2 is 1.93 bits per heavy atom. The minimum Gasteiger partial charge on any atom is -0.469 e. The van der Waals surface area contributed by atoms with Crippen molar-refractivity contribution in [3.8, 4) is 0 Å². The van der Waals surface area contributed by atoms with E-state index >= 15 is 0 Å². The van der Waals surface area contributed by atoms with Crippen LogP contribution in [0, 0.1) is 0 Å². The fraction of sp³-hybridized carbons (Fsp3) is 0.778. The molecular weight excluding hydrogens is 183 g/mol. The molecule has 14 heavy (non-hydrogen) atoms. The molecule has 80 valence electrons. The summed E-state index contributed by atoms with van der Waals surface area (Å²) in [5.41, 5.74) is 0. The molecular formula is C9H17BO4. The normalized spacial score (nSPS) is 11.7. The summed E-state index contributed by atoms with van der Waals surface area (Å²) in [4.78, 5) is 21.7. The highest BCUT2D eigenvalue weighted by molar-refractivity contribution is 6.55. The maximum atomic E-state index is 11.0. The molecule has 5 heteroatoms. The van der Waals surface area contributed by atoms with E-state index in [1.807, 2.05) is 13.6 Å². The average molecular weight is 200 g/mol. The molecule has 0 aliphatic rings. The van der Waals surface area contributed by atoms with Gasteiger partial charge >= 0.3 is 11.9 Å². The third kappa shape index (κ3) is 6.51. The summed E-state index contributed by atoms with van der Waals surface area (Å²) >= 11 is 0. The maximum Gasteiger partial charge on any atom is 0.309 e. The lowest BCUT2D eigenvalue weighted by Crippen LogP contribution is -2.24. The van der Waals surface area contributed by atoms with Gasteiger partial charge in [0.2, 0.25) is 0 Å². The highest BCUT2D eigenvalue weighted by Gasteiger charge is 2.19. The van der Waals surface area contributed by atoms with Gasteiger partial charge in [-0.1, -0.05) is 13.6 Å². The van der Waals surface area contributed by atoms with E-state index in [0.29, 0.717) is 13.0 Å². The molecule has 0 aromatic heterocycles. The summed E-state index contributed by atoms with van der Waals surface area (Å²) < 4.78 is 9.51. The predicted octanol–water partition coefficient (Wildman–Crippen LogP) is 1.24. The van der Waals surface area contributed by atoms with Gasteiger partial charge in [-0.15, -0.1) is 0 Å². The van der Waals surface area contributed by atoms with Crippen LogP contribution in [-0.2, 0) is 19.1 Å². The molecule has 1 atom stereocenters. The van der Waals surface area contributed by atoms with Crippen LogP contribution >= 0.6 is 0 Å². The molecule has 0 fully saturated rings. The quantitative estimate of drug-likeness (QED) is 0.494. The highest BCUT2D eigenvalue weighted by Crippen LogP contribution is 2.09. The number of ether oxygens (including phenoxy) is 2. The van der Waals surface area contributed by atoms with Crippen LogP contribution in [0.1, 0.15) is 13.3 Å². The maximum absolute atomic E-state index is 11.0. The molecule has 0 rings (SSSR count). The molecule has 0 amide bonds. The topological polar surface area (TPSA) is 52.6 Å². The molecule has 0 bridgehead atoms. The van der Waals surface area contributed by atoms with Crippen LogP contribution in [0.5, 0.6) is 0 Å². The lowest BCUT2D eigenvalue weighted by atomic mass is 9.51. The van der Waals surface area contributed by atoms with E-state index in [9.17, 15) is 9.59 Å². The first kappa shape index (κ1) is 13.0. The summed E-state index contributed by atoms with van der Waals surface area (Å²) in [6.07, 6.45) is 0.447. The van der Waals surface area contributed by atoms with Crippen molar-refractivity contribution in [2.75, 3.05) is 7.11 Å². The van der Waals surface area contributed by atoms with E-state index in [1.165, 1.54) is 14.0 Å². The fourth-order valence-corrected chi connectivity index (χ4v) is 1.20. The minimum absolute atomic E-state index is 0.133. The van der Waals surface area contributed by atoms with Gasteiger partial charge in [-0.2, -0.15) is 0 Å². The van der Waals surface area contributed by atoms with Gasteiger partial charge in [-0.05, 0) is 6.32 Å². The number of carbonyl (C=O) groups excluding carboxylic acids is 2. The Bertz CT molecular complexity index is 203. The summed E-state index contributed by atoms with van der Waals surface area (Å²) in [5, 5.41) is 0. The lowest BCUT2D eigenvalue weighted by Gasteiger charge is -2.16. The Labute approximate surface area is 85.0 Å². The van der Waals surface area contributed by atoms with E-state index in [4.69, 9.17) is 4.74 Å². The molecule has 0 aliphatic carbocycles. The molecule has 0 aliphatic heterocycles. The second kappa shape index (κ2) is 6.46. The second-order valence-corrected chi connectivity index (χ2v) is 3.64. The fourth-order valence-electron chi connectivity index (χ4n) is 1.20. The minimum atomic E-state index is -0.362. The van der Waals surface area contributed by atoms with Crippen molar-refractivity contribution in [2.24, 2.45) is 0 Å². The summed E-state index contributed by atoms with van der Waals surface area (Å²) in [6.45, 7) is 5.73. The Kier molecular flexibility index (Phi) is 6.00. The number of rotatable bonds is 5. The molecule has 0 N–H and O–H groups in total. The van der Waals surface area contributed by atoms with Gasteiger partial charge in [0.05, 0.1) is 13.5 Å². The standard InChI is InChI=1S/C9H17BO4/c1-7(11)14-8(6-10(2)3)5-9(12)13-4/h8H,5-6H2,1-4H3. The molecule has 0 saturated carbocycles. The average Bonchev–Trinajstić information content (AvgIpc) is 2.01. The van der Waals surface area contributed by atoms with Gasteiger partial charge in [0.15, 0.2) is 0 Å². The summed E-state index contributed by atoms with van der Waals surface area (Å²) in [5.74, 6) is -0.712. The lowest BCUT2D eigenvalue weighted by molar-refractivity contribution is -0.151. The number of carbonyl (C=O) groups is 2. The van der Waals surface area contributed by atoms with Crippen LogP contribution in [0.4, 0.5) is 0 Å². The highest BCUT2D eigenvalue weighted by atomic mass is 16.6. The first-order chi connectivity index (χ1) is 6.45. The first-order valence-corrected chi connectivity index (χ1v) is 4.69. The van der Waals surface area contributed by atoms with E-state index < -0.39 is 0 Å². The third-order valence-electron chi connectivity index (χ3n) is 1.69. The van der Waals surface area contributed by atoms with Crippen molar-refractivity contribution in [3.05, 3.63) is 0 Å². The monoisotopic (exact) mass is 200 g/mol. The molecule has 4 nitrogen and oxygen atoms in total. The van der Waals surface area contributed by atoms with Crippen LogP contribution in [0.3, 0.4) is 0 Å². The van der Waals surface area contributed by atoms with Crippen molar-refractivity contribution >= 4 is 18.7 Å². The number of methoxy groups -OCH3 is 1. The Morgan fingerprint density at radius 1 is 1.36 bits per heavy atom. The molecule has 0 spiro atoms. The largest absolute Gasteiger partial charge is 0.469 e. The third-order valence-corrected chi connectivity index (χ3v) is 1.69. The first-order valence-electron chi connectivity index (χ1n) is 4.69. The van der Waals surface area contributed by atoms with Crippen molar-refractivity contribution in [3.63, 3.8) is 0 Å². The molecule has 0 saturated heterocycles. The molecule has 1 unspecified atom stereocenters. The van der Waals surface area contributed by atoms with Gasteiger partial charge in [0, 0.05) is 6.92 Å². The number of hydrogen-bond donors (Lipinski definition) is 0. The zero-order chi connectivity index (χ0) is 11.1. The van der Waals surface area contributed by atoms with Gasteiger partial charge in [0.1, 0.15) is 12.8 Å². The smallest absolute Gasteiger partial charge is 0.309 e. The Hall–Kier alpha value is -0.995. The zero-order valence-corrected chi connectivity index (χ0v) is 9.20. The van der Waals surface area contributed by atoms with Crippen molar-refractivity contribution in [1.82, 2.24) is 0 Å². The van der Waals surface area contributed by atoms with Crippen LogP contribution < -0.4 is 0 Å². The Balaban J connectivity index is 4.09. The zero-order valence-electron chi connectivity index (χ0n) is 9.20. The van der Waals surface area contributed by atoms with Gasteiger partial charge < -0.3 is 9.47 Å². The van der Waals surface area contributed by atoms with Crippen LogP contribution in [0.25, 0.3) is 0 Å². The van der Waals surface area contributed by atoms with E-state index in [0.717, 1.165) is 0 Å². The molecule has 0 aromatic rings. The summed E-state index contributed by atoms with van der Waals surface area (Å²) in [7, 11) is 1.32. The molecule has 0 radical (unpaired) electrons. The van der Waals surface area contributed by atoms with E-state index in [-0.39, 0.29) is 24.5 Å². The molecule has 0 aromatic carbocycles. The predicted molar refractivity (Wildman–Crippen MR) is 54.5 cm³/mol. The van der Waals surface area contributed by atoms with E-state index in [2.05, 4.69) is 4.74 Å². The van der Waals surface area contributed by atoms with Crippen molar-refractivity contribution in [2.45, 2.75) is 39.4 Å². The van der Waals surface area contributed by atoms with Crippen LogP contribution in [0.2, 0.25) is 20.0 Å². The number of esters is 2. The van der Waals surface area contributed by atoms with Gasteiger partial charge in [-0.25, -0.2) is 0 Å². The SMILES string of the molecule is COC(=O)CC(CB(C)C)OC(C)=O. The molecule has 0 heterocycles.